The van der Waals surface area contributed by atoms with Gasteiger partial charge in [0.25, 0.3) is 0 Å². The van der Waals surface area contributed by atoms with Gasteiger partial charge in [-0.25, -0.2) is 9.07 Å². The van der Waals surface area contributed by atoms with Crippen LogP contribution in [0, 0.1) is 5.82 Å². The smallest absolute Gasteiger partial charge is 0.376 e. The highest BCUT2D eigenvalue weighted by atomic mass is 19.4. The zero-order chi connectivity index (χ0) is 22.5. The molecule has 0 saturated carbocycles. The maximum Gasteiger partial charge on any atom is 0.421 e. The van der Waals surface area contributed by atoms with Gasteiger partial charge in [-0.2, -0.15) is 18.3 Å². The molecule has 0 aliphatic heterocycles. The highest BCUT2D eigenvalue weighted by Gasteiger charge is 2.55. The number of H-pyrrole nitrogens is 1. The van der Waals surface area contributed by atoms with Crippen LogP contribution < -0.4 is 0 Å². The van der Waals surface area contributed by atoms with Crippen molar-refractivity contribution in [1.82, 2.24) is 14.8 Å². The van der Waals surface area contributed by atoms with Gasteiger partial charge in [0.2, 0.25) is 0 Å². The molecule has 0 amide bonds. The summed E-state index contributed by atoms with van der Waals surface area (Å²) >= 11 is 0. The molecule has 0 aliphatic rings. The third-order valence-electron chi connectivity index (χ3n) is 5.71. The first-order valence-corrected chi connectivity index (χ1v) is 9.84. The van der Waals surface area contributed by atoms with Gasteiger partial charge in [-0.1, -0.05) is 24.3 Å². The van der Waals surface area contributed by atoms with Crippen molar-refractivity contribution in [3.8, 4) is 5.69 Å². The van der Waals surface area contributed by atoms with Crippen LogP contribution in [0.2, 0.25) is 0 Å². The second-order valence-corrected chi connectivity index (χ2v) is 7.70. The summed E-state index contributed by atoms with van der Waals surface area (Å²) in [6, 6.07) is 16.6. The van der Waals surface area contributed by atoms with E-state index in [9.17, 15) is 22.7 Å². The van der Waals surface area contributed by atoms with Crippen LogP contribution in [0.4, 0.5) is 17.6 Å². The van der Waals surface area contributed by atoms with Crippen molar-refractivity contribution >= 4 is 21.8 Å². The van der Waals surface area contributed by atoms with Gasteiger partial charge in [0.15, 0.2) is 5.60 Å². The van der Waals surface area contributed by atoms with Crippen molar-refractivity contribution < 1.29 is 22.7 Å². The first kappa shape index (κ1) is 20.3. The van der Waals surface area contributed by atoms with Gasteiger partial charge in [-0.15, -0.1) is 0 Å². The van der Waals surface area contributed by atoms with Gasteiger partial charge >= 0.3 is 6.18 Å². The Kier molecular flexibility index (Phi) is 4.56. The number of aromatic nitrogens is 3. The Morgan fingerprint density at radius 3 is 2.47 bits per heavy atom. The van der Waals surface area contributed by atoms with E-state index < -0.39 is 24.0 Å². The summed E-state index contributed by atoms with van der Waals surface area (Å²) in [4.78, 5) is 2.95. The van der Waals surface area contributed by atoms with E-state index in [1.54, 1.807) is 24.3 Å². The third kappa shape index (κ3) is 3.23. The fourth-order valence-corrected chi connectivity index (χ4v) is 4.00. The fraction of sp³-hybridized carbons (Fsp3) is 0.125. The van der Waals surface area contributed by atoms with E-state index >= 15 is 0 Å². The van der Waals surface area contributed by atoms with Gasteiger partial charge in [-0.05, 0) is 53.6 Å². The lowest BCUT2D eigenvalue weighted by atomic mass is 9.86. The van der Waals surface area contributed by atoms with Gasteiger partial charge in [0.1, 0.15) is 5.82 Å². The normalized spacial score (nSPS) is 14.2. The van der Waals surface area contributed by atoms with Crippen molar-refractivity contribution in [3.63, 3.8) is 0 Å². The molecule has 0 radical (unpaired) electrons. The molecule has 5 rings (SSSR count). The molecule has 0 spiro atoms. The number of alkyl halides is 3. The summed E-state index contributed by atoms with van der Waals surface area (Å²) in [6.07, 6.45) is -2.64. The highest BCUT2D eigenvalue weighted by Crippen LogP contribution is 2.43. The molecule has 0 saturated heterocycles. The van der Waals surface area contributed by atoms with Crippen LogP contribution in [0.5, 0.6) is 0 Å². The van der Waals surface area contributed by atoms with Gasteiger partial charge in [0, 0.05) is 28.9 Å². The topological polar surface area (TPSA) is 53.8 Å². The fourth-order valence-electron chi connectivity index (χ4n) is 4.00. The molecule has 1 atom stereocenters. The zero-order valence-electron chi connectivity index (χ0n) is 16.6. The number of para-hydroxylation sites is 1. The Hall–Kier alpha value is -3.65. The van der Waals surface area contributed by atoms with E-state index in [0.29, 0.717) is 33.1 Å². The standard InChI is InChI=1S/C24H17F4N3O/c25-18-6-8-19(9-7-18)31-22-10-5-17(11-15(22)14-30-31)23(32,24(26,27)28)12-16-13-29-21-4-2-1-3-20(16)21/h1-11,13-14,29,32H,12H2. The van der Waals surface area contributed by atoms with E-state index in [2.05, 4.69) is 10.1 Å². The molecule has 32 heavy (non-hydrogen) atoms. The number of aliphatic hydroxyl groups is 1. The second-order valence-electron chi connectivity index (χ2n) is 7.70. The largest absolute Gasteiger partial charge is 0.421 e. The van der Waals surface area contributed by atoms with Crippen LogP contribution in [0.25, 0.3) is 27.5 Å². The molecule has 2 aromatic heterocycles. The third-order valence-corrected chi connectivity index (χ3v) is 5.71. The maximum atomic E-state index is 14.2. The molecule has 8 heteroatoms. The molecular weight excluding hydrogens is 422 g/mol. The lowest BCUT2D eigenvalue weighted by Gasteiger charge is -2.31. The number of aromatic amines is 1. The van der Waals surface area contributed by atoms with Crippen molar-refractivity contribution in [2.45, 2.75) is 18.2 Å². The van der Waals surface area contributed by atoms with Crippen molar-refractivity contribution in [2.24, 2.45) is 0 Å². The molecular formula is C24H17F4N3O. The number of fused-ring (bicyclic) bond motifs is 2. The van der Waals surface area contributed by atoms with Gasteiger partial charge < -0.3 is 10.1 Å². The van der Waals surface area contributed by atoms with Crippen molar-refractivity contribution in [3.05, 3.63) is 96.1 Å². The van der Waals surface area contributed by atoms with Crippen LogP contribution in [-0.2, 0) is 12.0 Å². The second kappa shape index (κ2) is 7.20. The Morgan fingerprint density at radius 1 is 0.969 bits per heavy atom. The average molecular weight is 439 g/mol. The maximum absolute atomic E-state index is 14.2. The van der Waals surface area contributed by atoms with E-state index in [4.69, 9.17) is 0 Å². The van der Waals surface area contributed by atoms with Crippen LogP contribution >= 0.6 is 0 Å². The van der Waals surface area contributed by atoms with Crippen molar-refractivity contribution in [2.75, 3.05) is 0 Å². The molecule has 0 fully saturated rings. The summed E-state index contributed by atoms with van der Waals surface area (Å²) in [5, 5.41) is 16.2. The Morgan fingerprint density at radius 2 is 1.72 bits per heavy atom. The quantitative estimate of drug-likeness (QED) is 0.356. The molecule has 2 heterocycles. The molecule has 0 bridgehead atoms. The van der Waals surface area contributed by atoms with Crippen molar-refractivity contribution in [1.29, 1.82) is 0 Å². The number of halogens is 4. The minimum absolute atomic E-state index is 0.276. The highest BCUT2D eigenvalue weighted by molar-refractivity contribution is 5.84. The van der Waals surface area contributed by atoms with E-state index in [-0.39, 0.29) is 5.56 Å². The minimum atomic E-state index is -4.91. The lowest BCUT2D eigenvalue weighted by molar-refractivity contribution is -0.266. The van der Waals surface area contributed by atoms with E-state index in [0.717, 1.165) is 0 Å². The van der Waals surface area contributed by atoms with Crippen LogP contribution in [0.3, 0.4) is 0 Å². The average Bonchev–Trinajstić information content (AvgIpc) is 3.37. The first-order chi connectivity index (χ1) is 15.3. The lowest BCUT2D eigenvalue weighted by Crippen LogP contribution is -2.44. The van der Waals surface area contributed by atoms with Gasteiger partial charge in [-0.3, -0.25) is 0 Å². The molecule has 162 valence electrons. The van der Waals surface area contributed by atoms with Crippen LogP contribution in [0.1, 0.15) is 11.1 Å². The molecule has 2 N–H and O–H groups in total. The monoisotopic (exact) mass is 439 g/mol. The van der Waals surface area contributed by atoms with Gasteiger partial charge in [0.05, 0.1) is 17.4 Å². The number of hydrogen-bond acceptors (Lipinski definition) is 2. The zero-order valence-corrected chi connectivity index (χ0v) is 16.6. The summed E-state index contributed by atoms with van der Waals surface area (Å²) in [5.74, 6) is -0.403. The number of nitrogens with zero attached hydrogens (tertiary/aromatic N) is 2. The first-order valence-electron chi connectivity index (χ1n) is 9.84. The van der Waals surface area contributed by atoms with Crippen LogP contribution in [-0.4, -0.2) is 26.0 Å². The summed E-state index contributed by atoms with van der Waals surface area (Å²) in [6.45, 7) is 0. The summed E-state index contributed by atoms with van der Waals surface area (Å²) in [5.41, 5.74) is -1.20. The predicted molar refractivity (Wildman–Crippen MR) is 113 cm³/mol. The molecule has 4 nitrogen and oxygen atoms in total. The summed E-state index contributed by atoms with van der Waals surface area (Å²) in [7, 11) is 0. The van der Waals surface area contributed by atoms with E-state index in [1.807, 2.05) is 0 Å². The number of nitrogens with one attached hydrogen (secondary N) is 1. The Balaban J connectivity index is 1.59. The number of benzene rings is 3. The predicted octanol–water partition coefficient (Wildman–Crippen LogP) is 5.64. The summed E-state index contributed by atoms with van der Waals surface area (Å²) < 4.78 is 57.3. The van der Waals surface area contributed by atoms with Crippen LogP contribution in [0.15, 0.2) is 79.1 Å². The number of rotatable bonds is 4. The SMILES string of the molecule is OC(Cc1c[nH]c2ccccc12)(c1ccc2c(cnn2-c2ccc(F)cc2)c1)C(F)(F)F. The Labute approximate surface area is 179 Å². The molecule has 5 aromatic rings. The molecule has 0 aliphatic carbocycles. The molecule has 1 unspecified atom stereocenters. The Bertz CT molecular complexity index is 1420. The number of hydrogen-bond donors (Lipinski definition) is 2. The molecule has 3 aromatic carbocycles. The van der Waals surface area contributed by atoms with E-state index in [1.165, 1.54) is 59.5 Å². The minimum Gasteiger partial charge on any atom is -0.376 e.